The molecule has 0 atom stereocenters. The lowest BCUT2D eigenvalue weighted by atomic mass is 9.95. The summed E-state index contributed by atoms with van der Waals surface area (Å²) in [6.45, 7) is 6.91. The average Bonchev–Trinajstić information content (AvgIpc) is 2.99. The van der Waals surface area contributed by atoms with Gasteiger partial charge in [-0.15, -0.1) is 0 Å². The van der Waals surface area contributed by atoms with Crippen LogP contribution in [0.15, 0.2) is 38.5 Å². The molecule has 0 unspecified atom stereocenters. The molecule has 4 rings (SSSR count). The number of rotatable bonds is 4. The predicted molar refractivity (Wildman–Crippen MR) is 108 cm³/mol. The van der Waals surface area contributed by atoms with Crippen LogP contribution >= 0.6 is 0 Å². The lowest BCUT2D eigenvalue weighted by molar-refractivity contribution is 0.198. The fourth-order valence-electron chi connectivity index (χ4n) is 4.11. The van der Waals surface area contributed by atoms with Gasteiger partial charge in [0.1, 0.15) is 11.4 Å². The van der Waals surface area contributed by atoms with Crippen LogP contribution < -0.4 is 11.1 Å². The third-order valence-corrected chi connectivity index (χ3v) is 5.70. The van der Waals surface area contributed by atoms with E-state index in [1.165, 1.54) is 4.68 Å². The van der Waals surface area contributed by atoms with Gasteiger partial charge < -0.3 is 4.42 Å². The van der Waals surface area contributed by atoms with Crippen LogP contribution in [0.4, 0.5) is 0 Å². The number of fused-ring (bicyclic) bond motifs is 1. The van der Waals surface area contributed by atoms with Gasteiger partial charge in [0.25, 0.3) is 0 Å². The molecule has 0 bridgehead atoms. The van der Waals surface area contributed by atoms with E-state index < -0.39 is 0 Å². The molecule has 0 aliphatic carbocycles. The van der Waals surface area contributed by atoms with Gasteiger partial charge in [-0.05, 0) is 51.9 Å². The molecule has 1 aliphatic rings. The lowest BCUT2D eigenvalue weighted by Crippen LogP contribution is -2.35. The minimum atomic E-state index is -0.0519. The zero-order chi connectivity index (χ0) is 19.8. The van der Waals surface area contributed by atoms with Crippen molar-refractivity contribution in [2.45, 2.75) is 45.7 Å². The average molecular weight is 382 g/mol. The van der Waals surface area contributed by atoms with Crippen LogP contribution in [0.25, 0.3) is 11.0 Å². The third kappa shape index (κ3) is 3.30. The molecule has 0 amide bonds. The Morgan fingerprint density at radius 2 is 1.96 bits per heavy atom. The second kappa shape index (κ2) is 7.39. The van der Waals surface area contributed by atoms with Crippen LogP contribution in [-0.2, 0) is 20.1 Å². The summed E-state index contributed by atoms with van der Waals surface area (Å²) in [6, 6.07) is 5.69. The van der Waals surface area contributed by atoms with E-state index in [2.05, 4.69) is 10.00 Å². The third-order valence-electron chi connectivity index (χ3n) is 5.70. The molecule has 0 spiro atoms. The van der Waals surface area contributed by atoms with E-state index in [9.17, 15) is 9.59 Å². The summed E-state index contributed by atoms with van der Waals surface area (Å²) in [4.78, 5) is 27.3. The maximum absolute atomic E-state index is 12.8. The quantitative estimate of drug-likeness (QED) is 0.693. The number of nitrogens with zero attached hydrogens (tertiary/aromatic N) is 4. The first-order chi connectivity index (χ1) is 13.5. The van der Waals surface area contributed by atoms with Gasteiger partial charge in [0.05, 0.1) is 11.6 Å². The summed E-state index contributed by atoms with van der Waals surface area (Å²) in [6.07, 6.45) is 3.45. The van der Waals surface area contributed by atoms with Crippen molar-refractivity contribution >= 4 is 11.0 Å². The van der Waals surface area contributed by atoms with Crippen LogP contribution in [0, 0.1) is 6.92 Å². The Kier molecular flexibility index (Phi) is 4.93. The highest BCUT2D eigenvalue weighted by Crippen LogP contribution is 2.27. The van der Waals surface area contributed by atoms with Crippen molar-refractivity contribution in [1.82, 2.24) is 19.2 Å². The van der Waals surface area contributed by atoms with Crippen LogP contribution in [0.5, 0.6) is 0 Å². The van der Waals surface area contributed by atoms with E-state index in [1.807, 2.05) is 32.0 Å². The van der Waals surface area contributed by atoms with E-state index in [4.69, 9.17) is 4.42 Å². The van der Waals surface area contributed by atoms with Crippen molar-refractivity contribution in [3.05, 3.63) is 62.1 Å². The molecule has 3 heterocycles. The predicted octanol–water partition coefficient (Wildman–Crippen LogP) is 2.40. The zero-order valence-electron chi connectivity index (χ0n) is 16.6. The van der Waals surface area contributed by atoms with Crippen molar-refractivity contribution < 1.29 is 4.42 Å². The first kappa shape index (κ1) is 18.7. The van der Waals surface area contributed by atoms with Crippen LogP contribution in [0.2, 0.25) is 0 Å². The molecule has 28 heavy (non-hydrogen) atoms. The van der Waals surface area contributed by atoms with Crippen LogP contribution in [0.3, 0.4) is 0 Å². The van der Waals surface area contributed by atoms with Gasteiger partial charge in [-0.25, -0.2) is 9.48 Å². The molecule has 7 heteroatoms. The number of likely N-dealkylation sites (tertiary alicyclic amines) is 1. The van der Waals surface area contributed by atoms with E-state index in [0.29, 0.717) is 29.6 Å². The maximum atomic E-state index is 12.8. The van der Waals surface area contributed by atoms with Crippen molar-refractivity contribution in [2.75, 3.05) is 13.1 Å². The normalized spacial score (nSPS) is 16.1. The van der Waals surface area contributed by atoms with Crippen molar-refractivity contribution in [2.24, 2.45) is 7.05 Å². The first-order valence-electron chi connectivity index (χ1n) is 9.85. The van der Waals surface area contributed by atoms with Crippen molar-refractivity contribution in [1.29, 1.82) is 0 Å². The molecule has 1 aromatic carbocycles. The van der Waals surface area contributed by atoms with E-state index >= 15 is 0 Å². The highest BCUT2D eigenvalue weighted by Gasteiger charge is 2.26. The second-order valence-electron chi connectivity index (χ2n) is 7.65. The Bertz CT molecular complexity index is 1120. The topological polar surface area (TPSA) is 73.3 Å². The van der Waals surface area contributed by atoms with Crippen LogP contribution in [-0.4, -0.2) is 32.3 Å². The van der Waals surface area contributed by atoms with Gasteiger partial charge in [-0.1, -0.05) is 11.6 Å². The molecule has 2 aromatic heterocycles. The van der Waals surface area contributed by atoms with Gasteiger partial charge >= 0.3 is 5.69 Å². The SMILES string of the molecule is CCn1c(C2CCN(Cc3coc4ccc(C)cc4c3=O)CC2)nn(C)c1=O. The molecular weight excluding hydrogens is 356 g/mol. The minimum absolute atomic E-state index is 0.0519. The number of aryl methyl sites for hydroxylation is 2. The molecule has 1 saturated heterocycles. The van der Waals surface area contributed by atoms with Gasteiger partial charge in [-0.2, -0.15) is 5.10 Å². The summed E-state index contributed by atoms with van der Waals surface area (Å²) < 4.78 is 8.87. The van der Waals surface area contributed by atoms with Crippen molar-refractivity contribution in [3.8, 4) is 0 Å². The van der Waals surface area contributed by atoms with E-state index in [-0.39, 0.29) is 17.0 Å². The summed E-state index contributed by atoms with van der Waals surface area (Å²) >= 11 is 0. The highest BCUT2D eigenvalue weighted by atomic mass is 16.3. The lowest BCUT2D eigenvalue weighted by Gasteiger charge is -2.31. The van der Waals surface area contributed by atoms with Gasteiger partial charge in [0, 0.05) is 31.6 Å². The number of hydrogen-bond acceptors (Lipinski definition) is 5. The molecule has 0 saturated carbocycles. The standard InChI is InChI=1S/C21H26N4O3/c1-4-25-20(22-23(3)21(25)27)15-7-9-24(10-8-15)12-16-13-28-18-6-5-14(2)11-17(18)19(16)26/h5-6,11,13,15H,4,7-10,12H2,1-3H3. The molecule has 0 N–H and O–H groups in total. The highest BCUT2D eigenvalue weighted by molar-refractivity contribution is 5.77. The van der Waals surface area contributed by atoms with E-state index in [0.717, 1.165) is 37.3 Å². The summed E-state index contributed by atoms with van der Waals surface area (Å²) in [5.74, 6) is 1.16. The molecule has 1 fully saturated rings. The van der Waals surface area contributed by atoms with E-state index in [1.54, 1.807) is 17.9 Å². The number of benzene rings is 1. The maximum Gasteiger partial charge on any atom is 0.345 e. The second-order valence-corrected chi connectivity index (χ2v) is 7.65. The molecule has 148 valence electrons. The Morgan fingerprint density at radius 3 is 2.68 bits per heavy atom. The fourth-order valence-corrected chi connectivity index (χ4v) is 4.11. The largest absolute Gasteiger partial charge is 0.464 e. The van der Waals surface area contributed by atoms with Gasteiger partial charge in [0.15, 0.2) is 5.43 Å². The molecule has 3 aromatic rings. The minimum Gasteiger partial charge on any atom is -0.464 e. The number of hydrogen-bond donors (Lipinski definition) is 0. The Hall–Kier alpha value is -2.67. The number of piperidine rings is 1. The molecule has 1 aliphatic heterocycles. The zero-order valence-corrected chi connectivity index (χ0v) is 16.6. The number of aromatic nitrogens is 3. The van der Waals surface area contributed by atoms with Gasteiger partial charge in [-0.3, -0.25) is 14.3 Å². The Balaban J connectivity index is 1.49. The summed E-state index contributed by atoms with van der Waals surface area (Å²) in [5, 5.41) is 5.10. The molecule has 0 radical (unpaired) electrons. The Labute approximate surface area is 163 Å². The fraction of sp³-hybridized carbons (Fsp3) is 0.476. The smallest absolute Gasteiger partial charge is 0.345 e. The molecular formula is C21H26N4O3. The van der Waals surface area contributed by atoms with Gasteiger partial charge in [0.2, 0.25) is 0 Å². The van der Waals surface area contributed by atoms with Crippen molar-refractivity contribution in [3.63, 3.8) is 0 Å². The van der Waals surface area contributed by atoms with Crippen LogP contribution in [0.1, 0.15) is 42.6 Å². The first-order valence-corrected chi connectivity index (χ1v) is 9.85. The Morgan fingerprint density at radius 1 is 1.21 bits per heavy atom. The molecule has 7 nitrogen and oxygen atoms in total. The summed E-state index contributed by atoms with van der Waals surface area (Å²) in [7, 11) is 1.70. The summed E-state index contributed by atoms with van der Waals surface area (Å²) in [5.41, 5.74) is 2.38. The monoisotopic (exact) mass is 382 g/mol.